The molecule has 0 radical (unpaired) electrons. The fourth-order valence-corrected chi connectivity index (χ4v) is 7.56. The summed E-state index contributed by atoms with van der Waals surface area (Å²) in [5, 5.41) is 7.93. The van der Waals surface area contributed by atoms with Gasteiger partial charge in [-0.1, -0.05) is 106 Å². The normalized spacial score (nSPS) is 12.5. The molecule has 0 unspecified atom stereocenters. The van der Waals surface area contributed by atoms with Gasteiger partial charge in [-0.15, -0.1) is 0 Å². The second-order valence-electron chi connectivity index (χ2n) is 14.0. The number of nitrogens with zero attached hydrogens (tertiary/aromatic N) is 3. The van der Waals surface area contributed by atoms with Crippen molar-refractivity contribution in [3.05, 3.63) is 139 Å². The fourth-order valence-electron chi connectivity index (χ4n) is 7.56. The van der Waals surface area contributed by atoms with Crippen LogP contribution in [0.4, 0.5) is 0 Å². The summed E-state index contributed by atoms with van der Waals surface area (Å²) in [6, 6.07) is 48.2. The Balaban J connectivity index is 1.54. The smallest absolute Gasteiger partial charge is 0.146 e. The van der Waals surface area contributed by atoms with E-state index in [0.29, 0.717) is 0 Å². The molecule has 0 saturated heterocycles. The van der Waals surface area contributed by atoms with Gasteiger partial charge in [0, 0.05) is 43.2 Å². The minimum atomic E-state index is -0.0908. The van der Waals surface area contributed by atoms with E-state index in [-0.39, 0.29) is 5.41 Å². The van der Waals surface area contributed by atoms with Gasteiger partial charge in [-0.2, -0.15) is 0 Å². The van der Waals surface area contributed by atoms with E-state index in [2.05, 4.69) is 164 Å². The molecule has 5 aromatic carbocycles. The highest BCUT2D eigenvalue weighted by molar-refractivity contribution is 6.21. The third kappa shape index (κ3) is 3.96. The van der Waals surface area contributed by atoms with E-state index in [4.69, 9.17) is 9.97 Å². The van der Waals surface area contributed by atoms with Crippen LogP contribution >= 0.6 is 0 Å². The molecule has 228 valence electrons. The predicted molar refractivity (Wildman–Crippen MR) is 203 cm³/mol. The first kappa shape index (κ1) is 27.1. The molecule has 0 aliphatic rings. The Hall–Kier alpha value is -6.00. The molecule has 4 heteroatoms. The standard InChI is InChI=1S/C44H32N4/c1-44(2,3)29-21-28-22-30(25-29)48-40-18-8-7-13-31(40)34-19-20-37(46-43(34)48)35-16-9-14-32-33-15-10-17-36(42(33)47-41(32)35)39-24-27(23-38(28)45-39)26-11-5-4-6-12-26/h4-25,47H,1-3H3. The minimum absolute atomic E-state index is 0.0908. The molecule has 1 N–H and O–H groups in total. The maximum Gasteiger partial charge on any atom is 0.146 e. The summed E-state index contributed by atoms with van der Waals surface area (Å²) in [7, 11) is 0. The zero-order chi connectivity index (χ0) is 32.1. The largest absolute Gasteiger partial charge is 0.353 e. The number of pyridine rings is 2. The molecule has 48 heavy (non-hydrogen) atoms. The van der Waals surface area contributed by atoms with E-state index in [1.165, 1.54) is 21.7 Å². The summed E-state index contributed by atoms with van der Waals surface area (Å²) in [5.74, 6) is 0. The van der Waals surface area contributed by atoms with Crippen molar-refractivity contribution in [2.45, 2.75) is 26.2 Å². The van der Waals surface area contributed by atoms with Gasteiger partial charge in [0.25, 0.3) is 0 Å². The molecular weight excluding hydrogens is 585 g/mol. The van der Waals surface area contributed by atoms with E-state index < -0.39 is 0 Å². The van der Waals surface area contributed by atoms with Gasteiger partial charge in [-0.3, -0.25) is 4.40 Å². The highest BCUT2D eigenvalue weighted by Crippen LogP contribution is 2.37. The molecule has 0 aliphatic carbocycles. The number of fused-ring (bicyclic) bond motifs is 13. The Morgan fingerprint density at radius 1 is 0.500 bits per heavy atom. The maximum absolute atomic E-state index is 5.47. The number of H-pyrrole nitrogens is 1. The Bertz CT molecular complexity index is 2980. The van der Waals surface area contributed by atoms with Crippen molar-refractivity contribution >= 4 is 82.0 Å². The molecule has 10 rings (SSSR count). The first-order chi connectivity index (χ1) is 23.4. The van der Waals surface area contributed by atoms with Crippen LogP contribution in [0.15, 0.2) is 133 Å². The van der Waals surface area contributed by atoms with E-state index in [1.54, 1.807) is 0 Å². The summed E-state index contributed by atoms with van der Waals surface area (Å²) >= 11 is 0. The van der Waals surface area contributed by atoms with E-state index >= 15 is 0 Å². The van der Waals surface area contributed by atoms with E-state index in [9.17, 15) is 0 Å². The Morgan fingerprint density at radius 2 is 1.17 bits per heavy atom. The van der Waals surface area contributed by atoms with Gasteiger partial charge in [-0.05, 0) is 70.6 Å². The molecule has 0 spiro atoms. The Labute approximate surface area is 277 Å². The molecule has 5 heterocycles. The van der Waals surface area contributed by atoms with Gasteiger partial charge >= 0.3 is 0 Å². The molecule has 4 nitrogen and oxygen atoms in total. The van der Waals surface area contributed by atoms with Crippen molar-refractivity contribution in [3.8, 4) is 11.1 Å². The van der Waals surface area contributed by atoms with E-state index in [0.717, 1.165) is 76.9 Å². The van der Waals surface area contributed by atoms with Crippen molar-refractivity contribution in [3.63, 3.8) is 0 Å². The molecule has 5 aromatic heterocycles. The molecule has 0 amide bonds. The van der Waals surface area contributed by atoms with Crippen LogP contribution in [0, 0.1) is 0 Å². The first-order valence-electron chi connectivity index (χ1n) is 16.6. The minimum Gasteiger partial charge on any atom is -0.353 e. The van der Waals surface area contributed by atoms with Gasteiger partial charge < -0.3 is 4.98 Å². The summed E-state index contributed by atoms with van der Waals surface area (Å²) < 4.78 is 2.34. The molecule has 8 bridgehead atoms. The second-order valence-corrected chi connectivity index (χ2v) is 14.0. The highest BCUT2D eigenvalue weighted by atomic mass is 15.0. The van der Waals surface area contributed by atoms with Gasteiger partial charge in [0.15, 0.2) is 0 Å². The molecule has 0 saturated carbocycles. The Morgan fingerprint density at radius 3 is 1.94 bits per heavy atom. The summed E-state index contributed by atoms with van der Waals surface area (Å²) in [4.78, 5) is 14.8. The van der Waals surface area contributed by atoms with Gasteiger partial charge in [-0.25, -0.2) is 9.97 Å². The third-order valence-corrected chi connectivity index (χ3v) is 10.0. The van der Waals surface area contributed by atoms with Crippen LogP contribution in [0.2, 0.25) is 0 Å². The molecule has 0 fully saturated rings. The van der Waals surface area contributed by atoms with Crippen LogP contribution in [0.25, 0.3) is 93.1 Å². The van der Waals surface area contributed by atoms with Crippen LogP contribution in [-0.4, -0.2) is 19.4 Å². The number of rotatable bonds is 1. The van der Waals surface area contributed by atoms with Crippen LogP contribution in [0.1, 0.15) is 26.3 Å². The Kier molecular flexibility index (Phi) is 5.52. The van der Waals surface area contributed by atoms with Gasteiger partial charge in [0.1, 0.15) is 5.65 Å². The fraction of sp³-hybridized carbons (Fsp3) is 0.0909. The number of aromatic amines is 1. The van der Waals surface area contributed by atoms with Crippen molar-refractivity contribution in [1.82, 2.24) is 19.4 Å². The van der Waals surface area contributed by atoms with Crippen molar-refractivity contribution in [2.75, 3.05) is 0 Å². The third-order valence-electron chi connectivity index (χ3n) is 10.0. The van der Waals surface area contributed by atoms with Gasteiger partial charge in [0.05, 0.1) is 33.1 Å². The zero-order valence-electron chi connectivity index (χ0n) is 27.0. The SMILES string of the molecule is CC(C)(C)c1cc2cc(c1)n1c3ccccc3c3ccc(nc31)c1cccc3c4cccc(c5cc(-c6ccccc6)cc2n5)c4[nH]c13. The number of aromatic nitrogens is 4. The van der Waals surface area contributed by atoms with E-state index in [1.807, 2.05) is 0 Å². The lowest BCUT2D eigenvalue weighted by Gasteiger charge is -2.20. The number of nitrogens with one attached hydrogen (secondary N) is 1. The number of hydrogen-bond acceptors (Lipinski definition) is 2. The van der Waals surface area contributed by atoms with Gasteiger partial charge in [0.2, 0.25) is 0 Å². The van der Waals surface area contributed by atoms with Crippen LogP contribution in [0.5, 0.6) is 0 Å². The van der Waals surface area contributed by atoms with Crippen molar-refractivity contribution in [2.24, 2.45) is 0 Å². The summed E-state index contributed by atoms with van der Waals surface area (Å²) in [5.41, 5.74) is 11.6. The predicted octanol–water partition coefficient (Wildman–Crippen LogP) is 11.7. The number of para-hydroxylation sites is 3. The topological polar surface area (TPSA) is 46.0 Å². The van der Waals surface area contributed by atoms with Crippen molar-refractivity contribution < 1.29 is 0 Å². The zero-order valence-corrected chi connectivity index (χ0v) is 27.0. The molecule has 0 atom stereocenters. The average molecular weight is 617 g/mol. The average Bonchev–Trinajstić information content (AvgIpc) is 3.66. The lowest BCUT2D eigenvalue weighted by Crippen LogP contribution is -2.11. The monoisotopic (exact) mass is 616 g/mol. The quantitative estimate of drug-likeness (QED) is 0.199. The highest BCUT2D eigenvalue weighted by Gasteiger charge is 2.18. The number of hydrogen-bond donors (Lipinski definition) is 1. The lowest BCUT2D eigenvalue weighted by atomic mass is 9.86. The molecule has 0 aliphatic heterocycles. The lowest BCUT2D eigenvalue weighted by molar-refractivity contribution is 0.591. The van der Waals surface area contributed by atoms with Crippen LogP contribution in [0.3, 0.4) is 0 Å². The van der Waals surface area contributed by atoms with Crippen LogP contribution < -0.4 is 0 Å². The molecular formula is C44H32N4. The second kappa shape index (κ2) is 9.76. The number of benzene rings is 5. The maximum atomic E-state index is 5.47. The summed E-state index contributed by atoms with van der Waals surface area (Å²) in [6.07, 6.45) is 0. The molecule has 10 aromatic rings. The van der Waals surface area contributed by atoms with Crippen LogP contribution in [-0.2, 0) is 5.41 Å². The summed E-state index contributed by atoms with van der Waals surface area (Å²) in [6.45, 7) is 6.84. The first-order valence-corrected chi connectivity index (χ1v) is 16.6. The van der Waals surface area contributed by atoms with Crippen molar-refractivity contribution in [1.29, 1.82) is 0 Å².